The number of carbonyl (C=O) groups excluding carboxylic acids is 1. The lowest BCUT2D eigenvalue weighted by Gasteiger charge is -2.07. The zero-order valence-corrected chi connectivity index (χ0v) is 13.2. The molecule has 0 bridgehead atoms. The molecule has 1 heterocycles. The molecular formula is C15H16F2N2O2S. The number of halogens is 2. The highest BCUT2D eigenvalue weighted by molar-refractivity contribution is 7.14. The van der Waals surface area contributed by atoms with Gasteiger partial charge in [-0.25, -0.2) is 4.98 Å². The van der Waals surface area contributed by atoms with Gasteiger partial charge in [-0.1, -0.05) is 13.8 Å². The van der Waals surface area contributed by atoms with E-state index in [1.165, 1.54) is 35.6 Å². The summed E-state index contributed by atoms with van der Waals surface area (Å²) >= 11 is 1.36. The topological polar surface area (TPSA) is 51.2 Å². The summed E-state index contributed by atoms with van der Waals surface area (Å²) in [6.45, 7) is 2.95. The van der Waals surface area contributed by atoms with E-state index in [-0.39, 0.29) is 17.6 Å². The number of nitrogens with one attached hydrogen (secondary N) is 1. The summed E-state index contributed by atoms with van der Waals surface area (Å²) in [6.07, 6.45) is 0. The minimum Gasteiger partial charge on any atom is -0.435 e. The van der Waals surface area contributed by atoms with Gasteiger partial charge in [-0.3, -0.25) is 4.79 Å². The SMILES string of the molecule is Cc1nc(C(C)C)sc1C(=O)Nc1ccc(OC(F)F)cc1. The molecule has 1 amide bonds. The molecule has 2 aromatic rings. The normalized spacial score (nSPS) is 11.0. The molecule has 0 fully saturated rings. The molecular weight excluding hydrogens is 310 g/mol. The molecule has 0 atom stereocenters. The van der Waals surface area contributed by atoms with Crippen LogP contribution < -0.4 is 10.1 Å². The number of amides is 1. The molecule has 0 aliphatic carbocycles. The molecule has 1 N–H and O–H groups in total. The fraction of sp³-hybridized carbons (Fsp3) is 0.333. The van der Waals surface area contributed by atoms with Crippen molar-refractivity contribution in [1.29, 1.82) is 0 Å². The van der Waals surface area contributed by atoms with E-state index in [2.05, 4.69) is 15.0 Å². The van der Waals surface area contributed by atoms with Crippen LogP contribution in [0, 0.1) is 6.92 Å². The Kier molecular flexibility index (Phi) is 5.07. The van der Waals surface area contributed by atoms with Crippen LogP contribution in [0.2, 0.25) is 0 Å². The second kappa shape index (κ2) is 6.83. The molecule has 0 aliphatic heterocycles. The molecule has 0 aliphatic rings. The van der Waals surface area contributed by atoms with Crippen LogP contribution in [0.15, 0.2) is 24.3 Å². The number of carbonyl (C=O) groups is 1. The van der Waals surface area contributed by atoms with E-state index in [0.29, 0.717) is 16.3 Å². The smallest absolute Gasteiger partial charge is 0.387 e. The van der Waals surface area contributed by atoms with Crippen LogP contribution in [-0.4, -0.2) is 17.5 Å². The highest BCUT2D eigenvalue weighted by atomic mass is 32.1. The number of nitrogens with zero attached hydrogens (tertiary/aromatic N) is 1. The predicted octanol–water partition coefficient (Wildman–Crippen LogP) is 4.43. The van der Waals surface area contributed by atoms with Crippen molar-refractivity contribution < 1.29 is 18.3 Å². The third kappa shape index (κ3) is 4.00. The number of hydrogen-bond donors (Lipinski definition) is 1. The minimum absolute atomic E-state index is 0.0454. The summed E-state index contributed by atoms with van der Waals surface area (Å²) in [6, 6.07) is 5.77. The zero-order chi connectivity index (χ0) is 16.3. The van der Waals surface area contributed by atoms with Gasteiger partial charge in [0.15, 0.2) is 0 Å². The van der Waals surface area contributed by atoms with Gasteiger partial charge in [0, 0.05) is 11.6 Å². The van der Waals surface area contributed by atoms with E-state index in [0.717, 1.165) is 5.01 Å². The van der Waals surface area contributed by atoms with Gasteiger partial charge >= 0.3 is 6.61 Å². The quantitative estimate of drug-likeness (QED) is 0.884. The second-order valence-corrected chi connectivity index (χ2v) is 6.01. The van der Waals surface area contributed by atoms with Gasteiger partial charge in [0.1, 0.15) is 10.6 Å². The average molecular weight is 326 g/mol. The number of thiazole rings is 1. The molecule has 1 aromatic heterocycles. The van der Waals surface area contributed by atoms with Crippen molar-refractivity contribution in [2.75, 3.05) is 5.32 Å². The van der Waals surface area contributed by atoms with Crippen molar-refractivity contribution in [2.24, 2.45) is 0 Å². The van der Waals surface area contributed by atoms with E-state index in [9.17, 15) is 13.6 Å². The number of aryl methyl sites for hydroxylation is 1. The fourth-order valence-corrected chi connectivity index (χ4v) is 2.75. The molecule has 0 unspecified atom stereocenters. The van der Waals surface area contributed by atoms with Crippen LogP contribution in [0.5, 0.6) is 5.75 Å². The zero-order valence-electron chi connectivity index (χ0n) is 12.4. The van der Waals surface area contributed by atoms with Crippen LogP contribution in [0.25, 0.3) is 0 Å². The summed E-state index contributed by atoms with van der Waals surface area (Å²) in [5.74, 6) is 0.0459. The van der Waals surface area contributed by atoms with Crippen molar-refractivity contribution in [2.45, 2.75) is 33.3 Å². The Bertz CT molecular complexity index is 654. The lowest BCUT2D eigenvalue weighted by Crippen LogP contribution is -2.11. The average Bonchev–Trinajstić information content (AvgIpc) is 2.83. The van der Waals surface area contributed by atoms with Gasteiger partial charge in [-0.05, 0) is 31.2 Å². The maximum Gasteiger partial charge on any atom is 0.387 e. The highest BCUT2D eigenvalue weighted by Gasteiger charge is 2.17. The molecule has 0 saturated heterocycles. The Morgan fingerprint density at radius 1 is 1.27 bits per heavy atom. The largest absolute Gasteiger partial charge is 0.435 e. The van der Waals surface area contributed by atoms with Crippen LogP contribution in [0.3, 0.4) is 0 Å². The van der Waals surface area contributed by atoms with Crippen LogP contribution >= 0.6 is 11.3 Å². The van der Waals surface area contributed by atoms with Gasteiger partial charge in [0.25, 0.3) is 5.91 Å². The Labute approximate surface area is 131 Å². The molecule has 118 valence electrons. The number of aromatic nitrogens is 1. The summed E-state index contributed by atoms with van der Waals surface area (Å²) in [4.78, 5) is 17.2. The van der Waals surface area contributed by atoms with E-state index < -0.39 is 6.61 Å². The molecule has 0 saturated carbocycles. The van der Waals surface area contributed by atoms with Gasteiger partial charge in [-0.15, -0.1) is 11.3 Å². The first kappa shape index (κ1) is 16.4. The number of ether oxygens (including phenoxy) is 1. The third-order valence-electron chi connectivity index (χ3n) is 2.85. The maximum absolute atomic E-state index is 12.2. The van der Waals surface area contributed by atoms with Gasteiger partial charge < -0.3 is 10.1 Å². The van der Waals surface area contributed by atoms with Crippen LogP contribution in [-0.2, 0) is 0 Å². The Balaban J connectivity index is 2.08. The van der Waals surface area contributed by atoms with Gasteiger partial charge in [0.05, 0.1) is 10.7 Å². The molecule has 2 rings (SSSR count). The lowest BCUT2D eigenvalue weighted by atomic mass is 10.2. The van der Waals surface area contributed by atoms with Crippen molar-refractivity contribution >= 4 is 22.9 Å². The number of benzene rings is 1. The molecule has 0 spiro atoms. The number of rotatable bonds is 5. The van der Waals surface area contributed by atoms with Crippen LogP contribution in [0.4, 0.5) is 14.5 Å². The first-order valence-electron chi connectivity index (χ1n) is 6.70. The third-order valence-corrected chi connectivity index (χ3v) is 4.31. The Morgan fingerprint density at radius 2 is 1.91 bits per heavy atom. The minimum atomic E-state index is -2.87. The number of alkyl halides is 2. The summed E-state index contributed by atoms with van der Waals surface area (Å²) in [5.41, 5.74) is 1.19. The predicted molar refractivity (Wildman–Crippen MR) is 82.0 cm³/mol. The van der Waals surface area contributed by atoms with Gasteiger partial charge in [0.2, 0.25) is 0 Å². The second-order valence-electron chi connectivity index (χ2n) is 4.98. The van der Waals surface area contributed by atoms with E-state index in [1.807, 2.05) is 13.8 Å². The van der Waals surface area contributed by atoms with E-state index in [1.54, 1.807) is 6.92 Å². The molecule has 7 heteroatoms. The van der Waals surface area contributed by atoms with Crippen molar-refractivity contribution in [3.63, 3.8) is 0 Å². The molecule has 0 radical (unpaired) electrons. The lowest BCUT2D eigenvalue weighted by molar-refractivity contribution is -0.0498. The van der Waals surface area contributed by atoms with Crippen molar-refractivity contribution in [3.05, 3.63) is 39.8 Å². The fourth-order valence-electron chi connectivity index (χ4n) is 1.78. The van der Waals surface area contributed by atoms with E-state index >= 15 is 0 Å². The number of hydrogen-bond acceptors (Lipinski definition) is 4. The summed E-state index contributed by atoms with van der Waals surface area (Å²) in [7, 11) is 0. The Morgan fingerprint density at radius 3 is 2.41 bits per heavy atom. The van der Waals surface area contributed by atoms with Crippen molar-refractivity contribution in [3.8, 4) is 5.75 Å². The molecule has 22 heavy (non-hydrogen) atoms. The standard InChI is InChI=1S/C15H16F2N2O2S/c1-8(2)14-18-9(3)12(22-14)13(20)19-10-4-6-11(7-5-10)21-15(16)17/h4-8,15H,1-3H3,(H,19,20). The first-order valence-corrected chi connectivity index (χ1v) is 7.52. The molecule has 4 nitrogen and oxygen atoms in total. The maximum atomic E-state index is 12.2. The molecule has 1 aromatic carbocycles. The summed E-state index contributed by atoms with van der Waals surface area (Å²) < 4.78 is 28.4. The van der Waals surface area contributed by atoms with Crippen molar-refractivity contribution in [1.82, 2.24) is 4.98 Å². The van der Waals surface area contributed by atoms with Crippen LogP contribution in [0.1, 0.15) is 40.1 Å². The summed E-state index contributed by atoms with van der Waals surface area (Å²) in [5, 5.41) is 3.63. The van der Waals surface area contributed by atoms with E-state index in [4.69, 9.17) is 0 Å². The highest BCUT2D eigenvalue weighted by Crippen LogP contribution is 2.25. The number of anilines is 1. The first-order chi connectivity index (χ1) is 10.4. The van der Waals surface area contributed by atoms with Gasteiger partial charge in [-0.2, -0.15) is 8.78 Å². The Hall–Kier alpha value is -2.02. The monoisotopic (exact) mass is 326 g/mol.